The van der Waals surface area contributed by atoms with Crippen molar-refractivity contribution in [3.8, 4) is 0 Å². The molecule has 2 heterocycles. The maximum atomic E-state index is 8.99. The standard InChI is InChI=1S/C13H19N3O/c1-3-11(2)16-7-5-13(14-16)9-15-6-4-12(8-15)10-17/h4-8,11,17H,3,9-10H2,1-2H3. The molecule has 2 aromatic rings. The van der Waals surface area contributed by atoms with E-state index >= 15 is 0 Å². The number of aliphatic hydroxyl groups excluding tert-OH is 1. The Balaban J connectivity index is 2.06. The maximum Gasteiger partial charge on any atom is 0.0821 e. The quantitative estimate of drug-likeness (QED) is 0.860. The number of nitrogens with zero attached hydrogens (tertiary/aromatic N) is 3. The molecule has 0 amide bonds. The van der Waals surface area contributed by atoms with Crippen molar-refractivity contribution in [2.75, 3.05) is 0 Å². The van der Waals surface area contributed by atoms with Crippen molar-refractivity contribution in [2.45, 2.75) is 39.5 Å². The van der Waals surface area contributed by atoms with E-state index in [0.29, 0.717) is 6.04 Å². The Morgan fingerprint density at radius 3 is 2.82 bits per heavy atom. The molecular formula is C13H19N3O. The summed E-state index contributed by atoms with van der Waals surface area (Å²) in [5.41, 5.74) is 1.98. The van der Waals surface area contributed by atoms with E-state index in [0.717, 1.165) is 24.2 Å². The third kappa shape index (κ3) is 2.77. The van der Waals surface area contributed by atoms with E-state index in [1.807, 2.05) is 40.0 Å². The van der Waals surface area contributed by atoms with Crippen LogP contribution in [0.15, 0.2) is 30.7 Å². The summed E-state index contributed by atoms with van der Waals surface area (Å²) in [6.07, 6.45) is 7.02. The molecule has 0 fully saturated rings. The number of rotatable bonds is 5. The third-order valence-corrected chi connectivity index (χ3v) is 3.04. The van der Waals surface area contributed by atoms with Crippen LogP contribution in [0.4, 0.5) is 0 Å². The second kappa shape index (κ2) is 5.19. The van der Waals surface area contributed by atoms with Gasteiger partial charge in [0.25, 0.3) is 0 Å². The van der Waals surface area contributed by atoms with Crippen molar-refractivity contribution >= 4 is 0 Å². The monoisotopic (exact) mass is 233 g/mol. The molecule has 2 rings (SSSR count). The largest absolute Gasteiger partial charge is 0.392 e. The molecule has 0 saturated carbocycles. The summed E-state index contributed by atoms with van der Waals surface area (Å²) >= 11 is 0. The van der Waals surface area contributed by atoms with Crippen molar-refractivity contribution in [1.29, 1.82) is 0 Å². The smallest absolute Gasteiger partial charge is 0.0821 e. The Morgan fingerprint density at radius 2 is 2.18 bits per heavy atom. The van der Waals surface area contributed by atoms with Gasteiger partial charge < -0.3 is 9.67 Å². The number of aliphatic hydroxyl groups is 1. The summed E-state index contributed by atoms with van der Waals surface area (Å²) in [6, 6.07) is 4.41. The minimum absolute atomic E-state index is 0.0916. The number of aromatic nitrogens is 3. The first kappa shape index (κ1) is 11.9. The van der Waals surface area contributed by atoms with Gasteiger partial charge in [-0.1, -0.05) is 6.92 Å². The Morgan fingerprint density at radius 1 is 1.35 bits per heavy atom. The van der Waals surface area contributed by atoms with Gasteiger partial charge in [0.2, 0.25) is 0 Å². The van der Waals surface area contributed by atoms with Crippen molar-refractivity contribution in [3.63, 3.8) is 0 Å². The van der Waals surface area contributed by atoms with E-state index in [1.165, 1.54) is 0 Å². The van der Waals surface area contributed by atoms with E-state index in [2.05, 4.69) is 18.9 Å². The molecule has 1 atom stereocenters. The molecule has 1 unspecified atom stereocenters. The lowest BCUT2D eigenvalue weighted by Crippen LogP contribution is -2.06. The van der Waals surface area contributed by atoms with Gasteiger partial charge in [-0.15, -0.1) is 0 Å². The third-order valence-electron chi connectivity index (χ3n) is 3.04. The predicted octanol–water partition coefficient (Wildman–Crippen LogP) is 2.20. The maximum absolute atomic E-state index is 8.99. The van der Waals surface area contributed by atoms with E-state index in [1.54, 1.807) is 0 Å². The molecular weight excluding hydrogens is 214 g/mol. The molecule has 92 valence electrons. The highest BCUT2D eigenvalue weighted by Gasteiger charge is 2.05. The van der Waals surface area contributed by atoms with Crippen LogP contribution in [-0.4, -0.2) is 19.5 Å². The fourth-order valence-corrected chi connectivity index (χ4v) is 1.76. The Labute approximate surface area is 101 Å². The Hall–Kier alpha value is -1.55. The van der Waals surface area contributed by atoms with Gasteiger partial charge in [0, 0.05) is 24.6 Å². The van der Waals surface area contributed by atoms with E-state index < -0.39 is 0 Å². The molecule has 0 aliphatic rings. The Kier molecular flexibility index (Phi) is 3.64. The van der Waals surface area contributed by atoms with Crippen LogP contribution in [0, 0.1) is 0 Å². The molecule has 4 heteroatoms. The van der Waals surface area contributed by atoms with Gasteiger partial charge >= 0.3 is 0 Å². The summed E-state index contributed by atoms with van der Waals surface area (Å²) in [5, 5.41) is 13.5. The molecule has 0 radical (unpaired) electrons. The fourth-order valence-electron chi connectivity index (χ4n) is 1.76. The van der Waals surface area contributed by atoms with Crippen LogP contribution in [0.1, 0.15) is 37.6 Å². The van der Waals surface area contributed by atoms with Crippen molar-refractivity contribution in [1.82, 2.24) is 14.3 Å². The Bertz CT molecular complexity index is 472. The van der Waals surface area contributed by atoms with E-state index in [4.69, 9.17) is 5.11 Å². The van der Waals surface area contributed by atoms with Crippen LogP contribution in [0.3, 0.4) is 0 Å². The SMILES string of the molecule is CCC(C)n1ccc(Cn2ccc(CO)c2)n1. The van der Waals surface area contributed by atoms with Crippen LogP contribution in [-0.2, 0) is 13.2 Å². The average Bonchev–Trinajstić information content (AvgIpc) is 2.97. The van der Waals surface area contributed by atoms with Crippen LogP contribution >= 0.6 is 0 Å². The lowest BCUT2D eigenvalue weighted by atomic mass is 10.3. The summed E-state index contributed by atoms with van der Waals surface area (Å²) in [4.78, 5) is 0. The zero-order valence-corrected chi connectivity index (χ0v) is 10.4. The molecule has 0 saturated heterocycles. The molecule has 4 nitrogen and oxygen atoms in total. The van der Waals surface area contributed by atoms with Gasteiger partial charge in [0.05, 0.1) is 18.8 Å². The minimum Gasteiger partial charge on any atom is -0.392 e. The van der Waals surface area contributed by atoms with Crippen LogP contribution < -0.4 is 0 Å². The fraction of sp³-hybridized carbons (Fsp3) is 0.462. The van der Waals surface area contributed by atoms with Crippen molar-refractivity contribution in [2.24, 2.45) is 0 Å². The molecule has 0 aliphatic heterocycles. The average molecular weight is 233 g/mol. The first-order chi connectivity index (χ1) is 8.22. The molecule has 1 N–H and O–H groups in total. The zero-order valence-electron chi connectivity index (χ0n) is 10.4. The highest BCUT2D eigenvalue weighted by molar-refractivity contribution is 5.11. The highest BCUT2D eigenvalue weighted by atomic mass is 16.3. The molecule has 0 spiro atoms. The zero-order chi connectivity index (χ0) is 12.3. The topological polar surface area (TPSA) is 43.0 Å². The summed E-state index contributed by atoms with van der Waals surface area (Å²) in [7, 11) is 0. The van der Waals surface area contributed by atoms with Gasteiger partial charge in [-0.25, -0.2) is 0 Å². The van der Waals surface area contributed by atoms with Crippen molar-refractivity contribution in [3.05, 3.63) is 42.0 Å². The van der Waals surface area contributed by atoms with Gasteiger partial charge in [-0.2, -0.15) is 5.10 Å². The molecule has 17 heavy (non-hydrogen) atoms. The summed E-state index contributed by atoms with van der Waals surface area (Å²) in [6.45, 7) is 5.17. The second-order valence-corrected chi connectivity index (χ2v) is 4.39. The minimum atomic E-state index is 0.0916. The van der Waals surface area contributed by atoms with Gasteiger partial charge in [-0.3, -0.25) is 4.68 Å². The van der Waals surface area contributed by atoms with Crippen LogP contribution in [0.2, 0.25) is 0 Å². The highest BCUT2D eigenvalue weighted by Crippen LogP contribution is 2.10. The van der Waals surface area contributed by atoms with E-state index in [9.17, 15) is 0 Å². The lowest BCUT2D eigenvalue weighted by Gasteiger charge is -2.08. The number of hydrogen-bond donors (Lipinski definition) is 1. The normalized spacial score (nSPS) is 12.9. The molecule has 0 aliphatic carbocycles. The molecule has 0 aromatic carbocycles. The lowest BCUT2D eigenvalue weighted by molar-refractivity contribution is 0.281. The first-order valence-corrected chi connectivity index (χ1v) is 6.02. The van der Waals surface area contributed by atoms with Crippen LogP contribution in [0.5, 0.6) is 0 Å². The van der Waals surface area contributed by atoms with Crippen molar-refractivity contribution < 1.29 is 5.11 Å². The van der Waals surface area contributed by atoms with E-state index in [-0.39, 0.29) is 6.61 Å². The molecule has 2 aromatic heterocycles. The number of hydrogen-bond acceptors (Lipinski definition) is 2. The summed E-state index contributed by atoms with van der Waals surface area (Å²) < 4.78 is 4.04. The van der Waals surface area contributed by atoms with Gasteiger partial charge in [0.15, 0.2) is 0 Å². The first-order valence-electron chi connectivity index (χ1n) is 6.02. The van der Waals surface area contributed by atoms with Gasteiger partial charge in [0.1, 0.15) is 0 Å². The van der Waals surface area contributed by atoms with Gasteiger partial charge in [-0.05, 0) is 31.0 Å². The molecule has 0 bridgehead atoms. The second-order valence-electron chi connectivity index (χ2n) is 4.39. The summed E-state index contributed by atoms with van der Waals surface area (Å²) in [5.74, 6) is 0. The predicted molar refractivity (Wildman–Crippen MR) is 66.7 cm³/mol. The van der Waals surface area contributed by atoms with Crippen LogP contribution in [0.25, 0.3) is 0 Å².